The van der Waals surface area contributed by atoms with Crippen molar-refractivity contribution in [2.24, 2.45) is 0 Å². The van der Waals surface area contributed by atoms with E-state index in [0.29, 0.717) is 11.6 Å². The Morgan fingerprint density at radius 1 is 1.32 bits per heavy atom. The van der Waals surface area contributed by atoms with Gasteiger partial charge in [0.05, 0.1) is 0 Å². The minimum atomic E-state index is -0.129. The summed E-state index contributed by atoms with van der Waals surface area (Å²) in [7, 11) is 0. The molecule has 1 heterocycles. The molecular formula is C16H20FNS. The lowest BCUT2D eigenvalue weighted by atomic mass is 10.0. The van der Waals surface area contributed by atoms with E-state index in [0.717, 1.165) is 12.0 Å². The van der Waals surface area contributed by atoms with Crippen molar-refractivity contribution >= 4 is 11.3 Å². The van der Waals surface area contributed by atoms with E-state index in [1.807, 2.05) is 12.1 Å². The van der Waals surface area contributed by atoms with Crippen molar-refractivity contribution in [3.63, 3.8) is 0 Å². The van der Waals surface area contributed by atoms with E-state index in [1.165, 1.54) is 4.88 Å². The van der Waals surface area contributed by atoms with Gasteiger partial charge in [0, 0.05) is 17.0 Å². The number of rotatable bonds is 5. The van der Waals surface area contributed by atoms with Gasteiger partial charge >= 0.3 is 0 Å². The van der Waals surface area contributed by atoms with Crippen LogP contribution in [0.3, 0.4) is 0 Å². The molecule has 0 saturated carbocycles. The third-order valence-electron chi connectivity index (χ3n) is 3.44. The summed E-state index contributed by atoms with van der Waals surface area (Å²) in [5, 5.41) is 5.67. The summed E-state index contributed by atoms with van der Waals surface area (Å²) in [5.41, 5.74) is 1.69. The van der Waals surface area contributed by atoms with Crippen LogP contribution in [0.1, 0.15) is 48.4 Å². The fourth-order valence-corrected chi connectivity index (χ4v) is 3.04. The van der Waals surface area contributed by atoms with Gasteiger partial charge < -0.3 is 5.32 Å². The number of hydrogen-bond acceptors (Lipinski definition) is 2. The molecule has 0 aliphatic carbocycles. The number of aryl methyl sites for hydroxylation is 1. The average Bonchev–Trinajstić information content (AvgIpc) is 2.92. The molecule has 3 heteroatoms. The summed E-state index contributed by atoms with van der Waals surface area (Å²) in [5.74, 6) is -0.129. The third kappa shape index (κ3) is 3.43. The molecule has 1 aromatic heterocycles. The number of nitrogens with one attached hydrogen (secondary N) is 1. The quantitative estimate of drug-likeness (QED) is 0.811. The Morgan fingerprint density at radius 2 is 2.11 bits per heavy atom. The van der Waals surface area contributed by atoms with Crippen LogP contribution in [-0.2, 0) is 0 Å². The Bertz CT molecular complexity index is 522. The van der Waals surface area contributed by atoms with Gasteiger partial charge in [-0.05, 0) is 48.9 Å². The summed E-state index contributed by atoms with van der Waals surface area (Å²) in [4.78, 5) is 1.34. The van der Waals surface area contributed by atoms with Crippen LogP contribution in [0.25, 0.3) is 0 Å². The summed E-state index contributed by atoms with van der Waals surface area (Å²) in [6.07, 6.45) is 1.03. The second-order valence-electron chi connectivity index (χ2n) is 4.87. The van der Waals surface area contributed by atoms with E-state index in [1.54, 1.807) is 24.3 Å². The Morgan fingerprint density at radius 3 is 2.68 bits per heavy atom. The van der Waals surface area contributed by atoms with Crippen molar-refractivity contribution in [2.45, 2.75) is 39.3 Å². The number of halogens is 1. The van der Waals surface area contributed by atoms with Gasteiger partial charge in [0.1, 0.15) is 5.82 Å². The predicted octanol–water partition coefficient (Wildman–Crippen LogP) is 5.00. The molecule has 1 nitrogen and oxygen atoms in total. The highest BCUT2D eigenvalue weighted by Crippen LogP contribution is 2.26. The van der Waals surface area contributed by atoms with Crippen LogP contribution in [-0.4, -0.2) is 0 Å². The average molecular weight is 277 g/mol. The van der Waals surface area contributed by atoms with E-state index >= 15 is 0 Å². The van der Waals surface area contributed by atoms with Gasteiger partial charge in [-0.1, -0.05) is 25.1 Å². The normalized spacial score (nSPS) is 14.3. The van der Waals surface area contributed by atoms with Crippen LogP contribution in [0.2, 0.25) is 0 Å². The van der Waals surface area contributed by atoms with Crippen molar-refractivity contribution in [2.75, 3.05) is 0 Å². The minimum Gasteiger partial charge on any atom is -0.303 e. The summed E-state index contributed by atoms with van der Waals surface area (Å²) in [6.45, 7) is 6.04. The van der Waals surface area contributed by atoms with Gasteiger partial charge in [-0.2, -0.15) is 0 Å². The van der Waals surface area contributed by atoms with Crippen LogP contribution in [0, 0.1) is 12.7 Å². The lowest BCUT2D eigenvalue weighted by molar-refractivity contribution is 0.460. The molecule has 0 bridgehead atoms. The maximum atomic E-state index is 13.6. The molecule has 0 aliphatic rings. The second kappa shape index (κ2) is 6.31. The Hall–Kier alpha value is -1.19. The molecule has 1 N–H and O–H groups in total. The monoisotopic (exact) mass is 277 g/mol. The van der Waals surface area contributed by atoms with Crippen molar-refractivity contribution in [1.29, 1.82) is 0 Å². The second-order valence-corrected chi connectivity index (χ2v) is 5.85. The van der Waals surface area contributed by atoms with Crippen molar-refractivity contribution < 1.29 is 4.39 Å². The molecule has 0 aliphatic heterocycles. The first-order valence-electron chi connectivity index (χ1n) is 6.67. The van der Waals surface area contributed by atoms with Gasteiger partial charge in [-0.15, -0.1) is 11.3 Å². The molecule has 0 fully saturated rings. The topological polar surface area (TPSA) is 12.0 Å². The highest BCUT2D eigenvalue weighted by molar-refractivity contribution is 7.10. The zero-order chi connectivity index (χ0) is 13.8. The molecule has 102 valence electrons. The van der Waals surface area contributed by atoms with E-state index in [4.69, 9.17) is 0 Å². The van der Waals surface area contributed by atoms with E-state index in [9.17, 15) is 4.39 Å². The largest absolute Gasteiger partial charge is 0.303 e. The maximum absolute atomic E-state index is 13.6. The molecule has 2 aromatic rings. The molecule has 0 spiro atoms. The first-order valence-corrected chi connectivity index (χ1v) is 7.55. The zero-order valence-electron chi connectivity index (χ0n) is 11.6. The SMILES string of the molecule is CCC(NC(C)c1ccc(C)c(F)c1)c1cccs1. The lowest BCUT2D eigenvalue weighted by Crippen LogP contribution is -2.23. The maximum Gasteiger partial charge on any atom is 0.126 e. The Labute approximate surface area is 118 Å². The lowest BCUT2D eigenvalue weighted by Gasteiger charge is -2.22. The van der Waals surface area contributed by atoms with Crippen molar-refractivity contribution in [3.8, 4) is 0 Å². The minimum absolute atomic E-state index is 0.129. The molecule has 0 radical (unpaired) electrons. The highest BCUT2D eigenvalue weighted by atomic mass is 32.1. The fourth-order valence-electron chi connectivity index (χ4n) is 2.17. The van der Waals surface area contributed by atoms with Crippen LogP contribution in [0.5, 0.6) is 0 Å². The molecule has 0 amide bonds. The standard InChI is InChI=1S/C16H20FNS/c1-4-15(16-6-5-9-19-16)18-12(3)13-8-7-11(2)14(17)10-13/h5-10,12,15,18H,4H2,1-3H3. The Balaban J connectivity index is 2.11. The van der Waals surface area contributed by atoms with Crippen LogP contribution in [0.15, 0.2) is 35.7 Å². The molecule has 19 heavy (non-hydrogen) atoms. The Kier molecular flexibility index (Phi) is 4.72. The molecule has 0 saturated heterocycles. The third-order valence-corrected chi connectivity index (χ3v) is 4.43. The van der Waals surface area contributed by atoms with Crippen LogP contribution < -0.4 is 5.32 Å². The summed E-state index contributed by atoms with van der Waals surface area (Å²) in [6, 6.07) is 10.2. The fraction of sp³-hybridized carbons (Fsp3) is 0.375. The number of benzene rings is 1. The van der Waals surface area contributed by atoms with E-state index in [2.05, 4.69) is 36.7 Å². The summed E-state index contributed by atoms with van der Waals surface area (Å²) >= 11 is 1.76. The number of hydrogen-bond donors (Lipinski definition) is 1. The molecule has 2 rings (SSSR count). The molecule has 2 unspecified atom stereocenters. The van der Waals surface area contributed by atoms with E-state index < -0.39 is 0 Å². The zero-order valence-corrected chi connectivity index (χ0v) is 12.4. The number of thiophene rings is 1. The van der Waals surface area contributed by atoms with Crippen molar-refractivity contribution in [1.82, 2.24) is 5.32 Å². The first-order chi connectivity index (χ1) is 9.11. The van der Waals surface area contributed by atoms with Crippen LogP contribution in [0.4, 0.5) is 4.39 Å². The van der Waals surface area contributed by atoms with Crippen molar-refractivity contribution in [3.05, 3.63) is 57.5 Å². The first kappa shape index (κ1) is 14.2. The van der Waals surface area contributed by atoms with Crippen LogP contribution >= 0.6 is 11.3 Å². The van der Waals surface area contributed by atoms with Gasteiger partial charge in [-0.25, -0.2) is 4.39 Å². The molecular weight excluding hydrogens is 257 g/mol. The van der Waals surface area contributed by atoms with Gasteiger partial charge in [0.25, 0.3) is 0 Å². The van der Waals surface area contributed by atoms with Gasteiger partial charge in [-0.3, -0.25) is 0 Å². The summed E-state index contributed by atoms with van der Waals surface area (Å²) < 4.78 is 13.6. The molecule has 2 atom stereocenters. The smallest absolute Gasteiger partial charge is 0.126 e. The van der Waals surface area contributed by atoms with E-state index in [-0.39, 0.29) is 11.9 Å². The van der Waals surface area contributed by atoms with Gasteiger partial charge in [0.15, 0.2) is 0 Å². The predicted molar refractivity (Wildman–Crippen MR) is 80.0 cm³/mol. The molecule has 1 aromatic carbocycles. The highest BCUT2D eigenvalue weighted by Gasteiger charge is 2.15. The van der Waals surface area contributed by atoms with Gasteiger partial charge in [0.2, 0.25) is 0 Å².